The largest absolute Gasteiger partial charge is 0.399 e. The lowest BCUT2D eigenvalue weighted by Crippen LogP contribution is -2.33. The fraction of sp³-hybridized carbons (Fsp3) is 0.400. The molecule has 0 amide bonds. The number of anilines is 2. The summed E-state index contributed by atoms with van der Waals surface area (Å²) >= 11 is 6.89. The van der Waals surface area contributed by atoms with Crippen LogP contribution in [0.25, 0.3) is 0 Å². The monoisotopic (exact) mass is 336 g/mol. The van der Waals surface area contributed by atoms with Crippen molar-refractivity contribution in [2.75, 3.05) is 17.2 Å². The van der Waals surface area contributed by atoms with E-state index in [9.17, 15) is 5.11 Å². The van der Waals surface area contributed by atoms with E-state index >= 15 is 0 Å². The summed E-state index contributed by atoms with van der Waals surface area (Å²) in [5, 5.41) is 9.64. The second-order valence-corrected chi connectivity index (χ2v) is 4.96. The first-order valence-corrected chi connectivity index (χ1v) is 6.25. The van der Waals surface area contributed by atoms with Crippen molar-refractivity contribution in [2.45, 2.75) is 20.1 Å². The normalized spacial score (nSPS) is 12.6. The zero-order valence-corrected chi connectivity index (χ0v) is 11.8. The van der Waals surface area contributed by atoms with E-state index < -0.39 is 6.23 Å². The summed E-state index contributed by atoms with van der Waals surface area (Å²) in [5.41, 5.74) is 7.30. The molecule has 0 heterocycles. The minimum Gasteiger partial charge on any atom is -0.399 e. The zero-order valence-electron chi connectivity index (χ0n) is 8.67. The van der Waals surface area contributed by atoms with Gasteiger partial charge in [0.05, 0.1) is 5.69 Å². The SMILES string of the molecule is CCN(c1c(Br)cc(N)cc1Br)C(C)O. The van der Waals surface area contributed by atoms with E-state index in [1.807, 2.05) is 24.0 Å². The average molecular weight is 338 g/mol. The summed E-state index contributed by atoms with van der Waals surface area (Å²) in [7, 11) is 0. The summed E-state index contributed by atoms with van der Waals surface area (Å²) in [6, 6.07) is 3.65. The highest BCUT2D eigenvalue weighted by atomic mass is 79.9. The third-order valence-electron chi connectivity index (χ3n) is 2.12. The maximum absolute atomic E-state index is 9.64. The number of nitrogens with two attached hydrogens (primary N) is 1. The van der Waals surface area contributed by atoms with Crippen molar-refractivity contribution in [2.24, 2.45) is 0 Å². The van der Waals surface area contributed by atoms with Crippen molar-refractivity contribution >= 4 is 43.2 Å². The number of halogens is 2. The number of nitrogens with zero attached hydrogens (tertiary/aromatic N) is 1. The lowest BCUT2D eigenvalue weighted by Gasteiger charge is -2.28. The zero-order chi connectivity index (χ0) is 11.6. The Kier molecular flexibility index (Phi) is 4.43. The predicted octanol–water partition coefficient (Wildman–Crippen LogP) is 2.96. The third-order valence-corrected chi connectivity index (χ3v) is 3.33. The van der Waals surface area contributed by atoms with Gasteiger partial charge in [-0.05, 0) is 57.8 Å². The van der Waals surface area contributed by atoms with Gasteiger partial charge in [-0.25, -0.2) is 0 Å². The van der Waals surface area contributed by atoms with Crippen LogP contribution in [0.15, 0.2) is 21.1 Å². The first-order valence-electron chi connectivity index (χ1n) is 4.66. The number of hydrogen-bond acceptors (Lipinski definition) is 3. The van der Waals surface area contributed by atoms with Gasteiger partial charge in [0.25, 0.3) is 0 Å². The molecule has 84 valence electrons. The van der Waals surface area contributed by atoms with E-state index in [4.69, 9.17) is 5.73 Å². The standard InChI is InChI=1S/C10H14Br2N2O/c1-3-14(6(2)15)10-8(11)4-7(13)5-9(10)12/h4-6,15H,3,13H2,1-2H3. The van der Waals surface area contributed by atoms with Gasteiger partial charge in [-0.3, -0.25) is 0 Å². The Hall–Kier alpha value is -0.260. The van der Waals surface area contributed by atoms with Crippen LogP contribution in [-0.4, -0.2) is 17.9 Å². The minimum atomic E-state index is -0.536. The second-order valence-electron chi connectivity index (χ2n) is 3.25. The smallest absolute Gasteiger partial charge is 0.124 e. The molecule has 0 saturated carbocycles. The van der Waals surface area contributed by atoms with Gasteiger partial charge in [-0.2, -0.15) is 0 Å². The maximum Gasteiger partial charge on any atom is 0.124 e. The summed E-state index contributed by atoms with van der Waals surface area (Å²) in [6.45, 7) is 4.44. The molecule has 0 radical (unpaired) electrons. The summed E-state index contributed by atoms with van der Waals surface area (Å²) in [5.74, 6) is 0. The van der Waals surface area contributed by atoms with Crippen LogP contribution in [-0.2, 0) is 0 Å². The number of nitrogen functional groups attached to an aromatic ring is 1. The topological polar surface area (TPSA) is 49.5 Å². The van der Waals surface area contributed by atoms with Gasteiger partial charge in [0.1, 0.15) is 6.23 Å². The Balaban J connectivity index is 3.23. The molecular weight excluding hydrogens is 324 g/mol. The van der Waals surface area contributed by atoms with Crippen LogP contribution in [0.5, 0.6) is 0 Å². The molecule has 3 nitrogen and oxygen atoms in total. The molecule has 5 heteroatoms. The van der Waals surface area contributed by atoms with Gasteiger partial charge < -0.3 is 15.7 Å². The van der Waals surface area contributed by atoms with Crippen molar-refractivity contribution in [3.05, 3.63) is 21.1 Å². The maximum atomic E-state index is 9.64. The molecule has 0 bridgehead atoms. The van der Waals surface area contributed by atoms with Gasteiger partial charge in [0, 0.05) is 21.2 Å². The Bertz CT molecular complexity index is 332. The van der Waals surface area contributed by atoms with Crippen LogP contribution in [0.1, 0.15) is 13.8 Å². The molecule has 0 spiro atoms. The average Bonchev–Trinajstić information content (AvgIpc) is 2.09. The van der Waals surface area contributed by atoms with E-state index in [0.717, 1.165) is 21.2 Å². The van der Waals surface area contributed by atoms with Crippen LogP contribution in [0.3, 0.4) is 0 Å². The van der Waals surface area contributed by atoms with Gasteiger partial charge in [-0.15, -0.1) is 0 Å². The number of aliphatic hydroxyl groups excluding tert-OH is 1. The summed E-state index contributed by atoms with van der Waals surface area (Å²) in [6.07, 6.45) is -0.536. The predicted molar refractivity (Wildman–Crippen MR) is 71.0 cm³/mol. The molecular formula is C10H14Br2N2O. The summed E-state index contributed by atoms with van der Waals surface area (Å²) in [4.78, 5) is 1.87. The van der Waals surface area contributed by atoms with Crippen molar-refractivity contribution in [3.8, 4) is 0 Å². The quantitative estimate of drug-likeness (QED) is 0.658. The van der Waals surface area contributed by atoms with Crippen molar-refractivity contribution in [3.63, 3.8) is 0 Å². The molecule has 0 saturated heterocycles. The van der Waals surface area contributed by atoms with E-state index in [1.54, 1.807) is 6.92 Å². The van der Waals surface area contributed by atoms with Crippen molar-refractivity contribution in [1.29, 1.82) is 0 Å². The van der Waals surface area contributed by atoms with Crippen LogP contribution >= 0.6 is 31.9 Å². The third kappa shape index (κ3) is 2.86. The lowest BCUT2D eigenvalue weighted by molar-refractivity contribution is 0.189. The molecule has 1 unspecified atom stereocenters. The van der Waals surface area contributed by atoms with Crippen LogP contribution in [0.4, 0.5) is 11.4 Å². The molecule has 1 atom stereocenters. The van der Waals surface area contributed by atoms with E-state index in [-0.39, 0.29) is 0 Å². The molecule has 0 fully saturated rings. The first-order chi connectivity index (χ1) is 6.97. The molecule has 3 N–H and O–H groups in total. The second kappa shape index (κ2) is 5.18. The lowest BCUT2D eigenvalue weighted by atomic mass is 10.2. The number of rotatable bonds is 3. The highest BCUT2D eigenvalue weighted by Gasteiger charge is 2.16. The minimum absolute atomic E-state index is 0.536. The van der Waals surface area contributed by atoms with Crippen molar-refractivity contribution in [1.82, 2.24) is 0 Å². The van der Waals surface area contributed by atoms with Gasteiger partial charge >= 0.3 is 0 Å². The number of hydrogen-bond donors (Lipinski definition) is 2. The van der Waals surface area contributed by atoms with Gasteiger partial charge in [0.15, 0.2) is 0 Å². The first kappa shape index (κ1) is 12.8. The fourth-order valence-corrected chi connectivity index (χ4v) is 3.15. The Morgan fingerprint density at radius 3 is 2.20 bits per heavy atom. The Labute approximate surface area is 107 Å². The van der Waals surface area contributed by atoms with Crippen LogP contribution in [0, 0.1) is 0 Å². The fourth-order valence-electron chi connectivity index (χ4n) is 1.47. The van der Waals surface area contributed by atoms with Gasteiger partial charge in [-0.1, -0.05) is 0 Å². The Morgan fingerprint density at radius 1 is 1.40 bits per heavy atom. The molecule has 1 rings (SSSR count). The van der Waals surface area contributed by atoms with Crippen LogP contribution in [0.2, 0.25) is 0 Å². The molecule has 0 aliphatic carbocycles. The number of benzene rings is 1. The van der Waals surface area contributed by atoms with E-state index in [0.29, 0.717) is 5.69 Å². The van der Waals surface area contributed by atoms with Crippen LogP contribution < -0.4 is 10.6 Å². The highest BCUT2D eigenvalue weighted by molar-refractivity contribution is 9.11. The van der Waals surface area contributed by atoms with E-state index in [2.05, 4.69) is 31.9 Å². The van der Waals surface area contributed by atoms with E-state index in [1.165, 1.54) is 0 Å². The molecule has 1 aromatic carbocycles. The highest BCUT2D eigenvalue weighted by Crippen LogP contribution is 2.36. The van der Waals surface area contributed by atoms with Gasteiger partial charge in [0.2, 0.25) is 0 Å². The molecule has 0 aliphatic heterocycles. The Morgan fingerprint density at radius 2 is 1.87 bits per heavy atom. The molecule has 15 heavy (non-hydrogen) atoms. The van der Waals surface area contributed by atoms with Crippen molar-refractivity contribution < 1.29 is 5.11 Å². The summed E-state index contributed by atoms with van der Waals surface area (Å²) < 4.78 is 1.74. The molecule has 0 aliphatic rings. The molecule has 1 aromatic rings. The number of aliphatic hydroxyl groups is 1. The molecule has 0 aromatic heterocycles.